The van der Waals surface area contributed by atoms with E-state index in [1.807, 2.05) is 51.1 Å². The highest BCUT2D eigenvalue weighted by molar-refractivity contribution is 7.07. The van der Waals surface area contributed by atoms with E-state index >= 15 is 0 Å². The van der Waals surface area contributed by atoms with Crippen LogP contribution in [0.25, 0.3) is 6.08 Å². The number of nitrogens with zero attached hydrogens (tertiary/aromatic N) is 3. The number of likely N-dealkylation sites (N-methyl/N-ethyl adjacent to an activating group) is 1. The number of hydrogen-bond donors (Lipinski definition) is 0. The van der Waals surface area contributed by atoms with Gasteiger partial charge < -0.3 is 14.4 Å². The van der Waals surface area contributed by atoms with Crippen LogP contribution in [-0.2, 0) is 11.4 Å². The Kier molecular flexibility index (Phi) is 9.85. The normalized spacial score (nSPS) is 14.7. The molecule has 0 unspecified atom stereocenters. The van der Waals surface area contributed by atoms with Gasteiger partial charge >= 0.3 is 0 Å². The maximum Gasteiger partial charge on any atom is 0.271 e. The molecule has 1 aliphatic rings. The number of carbonyl (C=O) groups is 1. The van der Waals surface area contributed by atoms with Crippen molar-refractivity contribution in [2.75, 3.05) is 20.2 Å². The Balaban J connectivity index is 1.64. The molecule has 0 bridgehead atoms. The number of halogens is 3. The third-order valence-electron chi connectivity index (χ3n) is 7.37. The lowest BCUT2D eigenvalue weighted by Crippen LogP contribution is -2.43. The molecule has 1 atom stereocenters. The van der Waals surface area contributed by atoms with E-state index < -0.39 is 6.04 Å². The van der Waals surface area contributed by atoms with E-state index in [-0.39, 0.29) is 18.1 Å². The van der Waals surface area contributed by atoms with Crippen LogP contribution in [-0.4, -0.2) is 35.6 Å². The minimum Gasteiger partial charge on any atom is -0.496 e. The van der Waals surface area contributed by atoms with E-state index in [0.29, 0.717) is 71.4 Å². The molecule has 0 fully saturated rings. The van der Waals surface area contributed by atoms with Crippen LogP contribution in [0.5, 0.6) is 11.5 Å². The van der Waals surface area contributed by atoms with Gasteiger partial charge in [0.2, 0.25) is 0 Å². The Morgan fingerprint density at radius 1 is 1.02 bits per heavy atom. The molecule has 1 aromatic heterocycles. The lowest BCUT2D eigenvalue weighted by atomic mass is 9.94. The molecule has 11 heteroatoms. The number of allylic oxidation sites excluding steroid dienone is 1. The van der Waals surface area contributed by atoms with Gasteiger partial charge in [0.25, 0.3) is 11.5 Å². The molecule has 0 saturated carbocycles. The number of fused-ring (bicyclic) bond motifs is 1. The molecular weight excluding hydrogens is 641 g/mol. The first-order valence-electron chi connectivity index (χ1n) is 14.0. The van der Waals surface area contributed by atoms with Gasteiger partial charge in [-0.15, -0.1) is 0 Å². The molecule has 44 heavy (non-hydrogen) atoms. The molecule has 0 N–H and O–H groups in total. The number of carbonyl (C=O) groups excluding carboxylic acids is 1. The smallest absolute Gasteiger partial charge is 0.271 e. The summed E-state index contributed by atoms with van der Waals surface area (Å²) in [6.45, 7) is 6.93. The monoisotopic (exact) mass is 669 g/mol. The van der Waals surface area contributed by atoms with Gasteiger partial charge in [-0.3, -0.25) is 14.2 Å². The predicted octanol–water partition coefficient (Wildman–Crippen LogP) is 6.65. The zero-order valence-electron chi connectivity index (χ0n) is 24.6. The van der Waals surface area contributed by atoms with Crippen molar-refractivity contribution in [2.24, 2.45) is 4.99 Å². The van der Waals surface area contributed by atoms with Crippen molar-refractivity contribution in [3.8, 4) is 11.5 Å². The average molecular weight is 671 g/mol. The quantitative estimate of drug-likeness (QED) is 0.200. The Labute approximate surface area is 274 Å². The zero-order valence-corrected chi connectivity index (χ0v) is 27.7. The van der Waals surface area contributed by atoms with Crippen molar-refractivity contribution < 1.29 is 14.3 Å². The number of amides is 1. The number of ether oxygens (including phenoxy) is 2. The van der Waals surface area contributed by atoms with Crippen molar-refractivity contribution in [3.63, 3.8) is 0 Å². The highest BCUT2D eigenvalue weighted by Crippen LogP contribution is 2.36. The van der Waals surface area contributed by atoms with Crippen molar-refractivity contribution in [1.29, 1.82) is 0 Å². The number of benzene rings is 3. The van der Waals surface area contributed by atoms with Crippen LogP contribution in [0.4, 0.5) is 0 Å². The van der Waals surface area contributed by atoms with Crippen LogP contribution in [0.15, 0.2) is 81.7 Å². The standard InChI is InChI=1S/C33H30Cl3N3O4S/c1-5-38(6-2)32(41)29-19(3)37-33-39(30(29)23-9-7-8-10-27(23)42-4)31(40)28(44-33)17-21-16-22(34)12-14-26(21)43-18-20-11-13-24(35)25(36)15-20/h7-17,30H,5-6,18H2,1-4H3/b28-17+/t30-/m1/s1. The van der Waals surface area contributed by atoms with E-state index in [1.165, 1.54) is 11.3 Å². The van der Waals surface area contributed by atoms with Crippen molar-refractivity contribution >= 4 is 58.1 Å². The first kappa shape index (κ1) is 31.9. The zero-order chi connectivity index (χ0) is 31.5. The number of hydrogen-bond acceptors (Lipinski definition) is 6. The van der Waals surface area contributed by atoms with E-state index in [2.05, 4.69) is 0 Å². The predicted molar refractivity (Wildman–Crippen MR) is 177 cm³/mol. The van der Waals surface area contributed by atoms with Gasteiger partial charge in [0.05, 0.1) is 33.0 Å². The largest absolute Gasteiger partial charge is 0.496 e. The van der Waals surface area contributed by atoms with E-state index in [1.54, 1.807) is 53.0 Å². The van der Waals surface area contributed by atoms with Gasteiger partial charge in [-0.1, -0.05) is 70.4 Å². The molecule has 0 spiro atoms. The fourth-order valence-corrected chi connectivity index (χ4v) is 6.70. The molecule has 1 aliphatic heterocycles. The molecule has 2 heterocycles. The van der Waals surface area contributed by atoms with Crippen LogP contribution < -0.4 is 24.4 Å². The Bertz CT molecular complexity index is 1950. The topological polar surface area (TPSA) is 73.1 Å². The second-order valence-corrected chi connectivity index (χ2v) is 12.3. The lowest BCUT2D eigenvalue weighted by molar-refractivity contribution is -0.127. The summed E-state index contributed by atoms with van der Waals surface area (Å²) in [5.74, 6) is 0.926. The third-order valence-corrected chi connectivity index (χ3v) is 9.33. The first-order valence-corrected chi connectivity index (χ1v) is 15.9. The summed E-state index contributed by atoms with van der Waals surface area (Å²) in [5.41, 5.74) is 2.84. The van der Waals surface area contributed by atoms with Gasteiger partial charge in [0.15, 0.2) is 4.80 Å². The second-order valence-electron chi connectivity index (χ2n) is 10.0. The van der Waals surface area contributed by atoms with Crippen LogP contribution in [0, 0.1) is 0 Å². The first-order chi connectivity index (χ1) is 21.2. The van der Waals surface area contributed by atoms with Gasteiger partial charge in [0, 0.05) is 29.2 Å². The highest BCUT2D eigenvalue weighted by atomic mass is 35.5. The minimum atomic E-state index is -0.734. The Hall–Kier alpha value is -3.56. The summed E-state index contributed by atoms with van der Waals surface area (Å²) < 4.78 is 13.8. The highest BCUT2D eigenvalue weighted by Gasteiger charge is 2.35. The summed E-state index contributed by atoms with van der Waals surface area (Å²) in [7, 11) is 1.57. The molecule has 0 saturated heterocycles. The van der Waals surface area contributed by atoms with Crippen molar-refractivity contribution in [2.45, 2.75) is 33.4 Å². The number of rotatable bonds is 9. The van der Waals surface area contributed by atoms with Crippen LogP contribution in [0.1, 0.15) is 43.5 Å². The van der Waals surface area contributed by atoms with Crippen LogP contribution in [0.2, 0.25) is 15.1 Å². The summed E-state index contributed by atoms with van der Waals surface area (Å²) in [5, 5.41) is 1.38. The van der Waals surface area contributed by atoms with Crippen molar-refractivity contribution in [1.82, 2.24) is 9.47 Å². The fraction of sp³-hybridized carbons (Fsp3) is 0.242. The van der Waals surface area contributed by atoms with E-state index in [4.69, 9.17) is 49.3 Å². The Morgan fingerprint density at radius 3 is 2.48 bits per heavy atom. The number of aromatic nitrogens is 1. The van der Waals surface area contributed by atoms with Crippen LogP contribution >= 0.6 is 46.1 Å². The summed E-state index contributed by atoms with van der Waals surface area (Å²) >= 11 is 19.9. The third kappa shape index (κ3) is 6.31. The number of thiazole rings is 1. The van der Waals surface area contributed by atoms with Crippen LogP contribution in [0.3, 0.4) is 0 Å². The lowest BCUT2D eigenvalue weighted by Gasteiger charge is -2.29. The Morgan fingerprint density at radius 2 is 1.77 bits per heavy atom. The van der Waals surface area contributed by atoms with Gasteiger partial charge in [-0.2, -0.15) is 0 Å². The maximum absolute atomic E-state index is 14.2. The SMILES string of the molecule is CCN(CC)C(=O)C1=C(C)N=c2s/c(=C/c3cc(Cl)ccc3OCc3ccc(Cl)c(Cl)c3)c(=O)n2[C@@H]1c1ccccc1OC. The molecule has 228 valence electrons. The molecule has 0 radical (unpaired) electrons. The molecule has 5 rings (SSSR count). The summed E-state index contributed by atoms with van der Waals surface area (Å²) in [6, 6.07) is 17.2. The molecule has 4 aromatic rings. The van der Waals surface area contributed by atoms with Gasteiger partial charge in [-0.05, 0) is 68.8 Å². The minimum absolute atomic E-state index is 0.172. The van der Waals surface area contributed by atoms with Gasteiger partial charge in [-0.25, -0.2) is 4.99 Å². The molecular formula is C33H30Cl3N3O4S. The number of para-hydroxylation sites is 1. The average Bonchev–Trinajstić information content (AvgIpc) is 3.32. The summed E-state index contributed by atoms with van der Waals surface area (Å²) in [4.78, 5) is 35.1. The summed E-state index contributed by atoms with van der Waals surface area (Å²) in [6.07, 6.45) is 1.74. The number of methoxy groups -OCH3 is 1. The van der Waals surface area contributed by atoms with E-state index in [9.17, 15) is 9.59 Å². The molecule has 7 nitrogen and oxygen atoms in total. The molecule has 3 aromatic carbocycles. The molecule has 0 aliphatic carbocycles. The van der Waals surface area contributed by atoms with Gasteiger partial charge in [0.1, 0.15) is 24.1 Å². The maximum atomic E-state index is 14.2. The molecule has 1 amide bonds. The fourth-order valence-electron chi connectivity index (χ4n) is 5.16. The second kappa shape index (κ2) is 13.6. The van der Waals surface area contributed by atoms with E-state index in [0.717, 1.165) is 5.56 Å². The van der Waals surface area contributed by atoms with Crippen molar-refractivity contribution in [3.05, 3.63) is 123 Å².